The topological polar surface area (TPSA) is 277 Å². The van der Waals surface area contributed by atoms with Crippen LogP contribution in [0.4, 0.5) is 0 Å². The first-order valence-corrected chi connectivity index (χ1v) is 27.8. The van der Waals surface area contributed by atoms with Crippen molar-refractivity contribution in [2.24, 2.45) is 0 Å². The molecule has 0 heterocycles. The Balaban J connectivity index is -0.0000000991. The Hall–Kier alpha value is 4.88. The molecule has 0 atom stereocenters. The second-order valence-electron chi connectivity index (χ2n) is 9.80. The van der Waals surface area contributed by atoms with E-state index >= 15 is 0 Å². The SMILES string of the molecule is CCCCCCCCCCCCSSCCCCCCCCCCCC.[Mo+4].[Mo+4].[Mo+4].[O-]P([O-])([O-])=S.[O-]P([O-])([O-])=S.[O-]P([O-])([O-])=S.[O-]P([O-])([O-])=S. The van der Waals surface area contributed by atoms with Crippen LogP contribution in [0.25, 0.3) is 0 Å². The summed E-state index contributed by atoms with van der Waals surface area (Å²) in [4.78, 5) is 107. The van der Waals surface area contributed by atoms with Gasteiger partial charge >= 0.3 is 63.2 Å². The van der Waals surface area contributed by atoms with E-state index in [2.05, 4.69) is 82.7 Å². The van der Waals surface area contributed by atoms with Crippen LogP contribution in [0.5, 0.6) is 0 Å². The summed E-state index contributed by atoms with van der Waals surface area (Å²) in [6, 6.07) is 0. The largest absolute Gasteiger partial charge is 4.00 e. The van der Waals surface area contributed by atoms with Gasteiger partial charge in [0.25, 0.3) is 0 Å². The molecule has 0 saturated heterocycles. The molecular formula is C24H50Mo3O12P4S6. The van der Waals surface area contributed by atoms with Gasteiger partial charge in [-0.05, 0) is 12.8 Å². The molecule has 0 aliphatic carbocycles. The van der Waals surface area contributed by atoms with E-state index in [1.807, 2.05) is 0 Å². The molecule has 0 unspecified atom stereocenters. The van der Waals surface area contributed by atoms with E-state index < -0.39 is 26.9 Å². The molecule has 0 spiro atoms. The maximum atomic E-state index is 8.92. The molecule has 0 bridgehead atoms. The van der Waals surface area contributed by atoms with Gasteiger partial charge in [-0.1, -0.05) is 151 Å². The van der Waals surface area contributed by atoms with Crippen LogP contribution in [0.15, 0.2) is 0 Å². The fourth-order valence-corrected chi connectivity index (χ4v) is 5.71. The Morgan fingerprint density at radius 3 is 0.571 bits per heavy atom. The zero-order chi connectivity index (χ0) is 37.0. The second kappa shape index (κ2) is 50.9. The first-order chi connectivity index (χ1) is 20.9. The van der Waals surface area contributed by atoms with Gasteiger partial charge in [0.15, 0.2) is 0 Å². The van der Waals surface area contributed by atoms with E-state index in [9.17, 15) is 0 Å². The van der Waals surface area contributed by atoms with Crippen molar-refractivity contribution in [2.45, 2.75) is 142 Å². The Morgan fingerprint density at radius 1 is 0.306 bits per heavy atom. The molecule has 0 amide bonds. The van der Waals surface area contributed by atoms with Crippen molar-refractivity contribution in [1.29, 1.82) is 0 Å². The minimum Gasteiger partial charge on any atom is -0.844 e. The first-order valence-electron chi connectivity index (χ1n) is 15.1. The molecule has 0 rings (SSSR count). The third kappa shape index (κ3) is 176. The molecule has 0 N–H and O–H groups in total. The van der Waals surface area contributed by atoms with E-state index in [0.717, 1.165) is 0 Å². The van der Waals surface area contributed by atoms with Gasteiger partial charge in [0.2, 0.25) is 0 Å². The zero-order valence-electron chi connectivity index (χ0n) is 27.9. The van der Waals surface area contributed by atoms with E-state index in [4.69, 9.17) is 58.7 Å². The molecule has 49 heavy (non-hydrogen) atoms. The minimum atomic E-state index is -4.56. The van der Waals surface area contributed by atoms with Crippen molar-refractivity contribution in [3.63, 3.8) is 0 Å². The molecule has 0 aromatic heterocycles. The van der Waals surface area contributed by atoms with E-state index in [1.54, 1.807) is 0 Å². The van der Waals surface area contributed by atoms with Gasteiger partial charge in [0.05, 0.1) is 0 Å². The normalized spacial score (nSPS) is 10.8. The summed E-state index contributed by atoms with van der Waals surface area (Å²) in [7, 11) is 4.25. The number of unbranched alkanes of at least 4 members (excludes halogenated alkanes) is 18. The summed E-state index contributed by atoms with van der Waals surface area (Å²) in [5.74, 6) is 2.75. The van der Waals surface area contributed by atoms with Crippen molar-refractivity contribution in [1.82, 2.24) is 0 Å². The molecule has 0 aliphatic rings. The minimum absolute atomic E-state index is 0. The number of hydrogen-bond donors (Lipinski definition) is 0. The molecule has 0 aromatic carbocycles. The molecule has 12 nitrogen and oxygen atoms in total. The van der Waals surface area contributed by atoms with Crippen molar-refractivity contribution >= 4 is 95.7 Å². The van der Waals surface area contributed by atoms with E-state index in [-0.39, 0.29) is 63.2 Å². The van der Waals surface area contributed by atoms with Gasteiger partial charge < -0.3 is 85.6 Å². The first kappa shape index (κ1) is 71.6. The van der Waals surface area contributed by atoms with Crippen LogP contribution in [0.2, 0.25) is 0 Å². The molecular weight excluding hydrogens is 1080 g/mol. The summed E-state index contributed by atoms with van der Waals surface area (Å²) in [5.41, 5.74) is 0. The van der Waals surface area contributed by atoms with Gasteiger partial charge in [0, 0.05) is 11.5 Å². The van der Waals surface area contributed by atoms with Gasteiger partial charge in [0.1, 0.15) is 0 Å². The van der Waals surface area contributed by atoms with Crippen molar-refractivity contribution in [3.8, 4) is 0 Å². The Labute approximate surface area is 367 Å². The third-order valence-electron chi connectivity index (χ3n) is 5.25. The number of rotatable bonds is 23. The fourth-order valence-electron chi connectivity index (χ4n) is 3.41. The van der Waals surface area contributed by atoms with Gasteiger partial charge in [-0.3, -0.25) is 0 Å². The fraction of sp³-hybridized carbons (Fsp3) is 1.00. The third-order valence-corrected chi connectivity index (χ3v) is 7.82. The van der Waals surface area contributed by atoms with Crippen molar-refractivity contribution < 1.29 is 122 Å². The summed E-state index contributed by atoms with van der Waals surface area (Å²) in [6.45, 7) is -13.6. The molecule has 25 heteroatoms. The molecule has 0 aliphatic heterocycles. The summed E-state index contributed by atoms with van der Waals surface area (Å²) in [5, 5.41) is 0. The standard InChI is InChI=1S/C24H50S2.3Mo.4H3O3PS/c1-3-5-7-9-11-13-15-17-19-21-23-25-26-24-22-20-18-16-14-12-10-8-6-4-2;;;;4*1-4(2,3)5/h3-24H2,1-2H3;;;;4*(H3,1,2,3,5)/q;3*+4;;;;/p-12. The van der Waals surface area contributed by atoms with Crippen LogP contribution in [-0.2, 0) is 110 Å². The summed E-state index contributed by atoms with van der Waals surface area (Å²) in [6.07, 6.45) is 29.1. The van der Waals surface area contributed by atoms with E-state index in [1.165, 1.54) is 140 Å². The Kier molecular flexibility index (Phi) is 74.4. The zero-order valence-corrected chi connectivity index (χ0v) is 42.4. The van der Waals surface area contributed by atoms with Gasteiger partial charge in [-0.15, -0.1) is 0 Å². The van der Waals surface area contributed by atoms with Crippen LogP contribution in [0.1, 0.15) is 142 Å². The van der Waals surface area contributed by atoms with Crippen LogP contribution >= 0.6 is 48.5 Å². The van der Waals surface area contributed by atoms with Gasteiger partial charge in [-0.25, -0.2) is 0 Å². The van der Waals surface area contributed by atoms with Crippen molar-refractivity contribution in [3.05, 3.63) is 0 Å². The van der Waals surface area contributed by atoms with Crippen LogP contribution in [0, 0.1) is 0 Å². The predicted octanol–water partition coefficient (Wildman–Crippen LogP) is -0.631. The second-order valence-corrected chi connectivity index (χ2v) is 21.4. The van der Waals surface area contributed by atoms with Crippen molar-refractivity contribution in [2.75, 3.05) is 11.5 Å². The number of hydrogen-bond acceptors (Lipinski definition) is 18. The Bertz CT molecular complexity index is 677. The smallest absolute Gasteiger partial charge is 0.844 e. The van der Waals surface area contributed by atoms with Crippen LogP contribution in [-0.4, -0.2) is 11.5 Å². The maximum absolute atomic E-state index is 8.92. The summed E-state index contributed by atoms with van der Waals surface area (Å²) >= 11 is 13.1. The molecule has 0 aromatic rings. The van der Waals surface area contributed by atoms with Crippen LogP contribution < -0.4 is 58.7 Å². The molecule has 0 saturated carbocycles. The summed E-state index contributed by atoms with van der Waals surface area (Å²) < 4.78 is 0. The maximum Gasteiger partial charge on any atom is 4.00 e. The van der Waals surface area contributed by atoms with Crippen LogP contribution in [0.3, 0.4) is 0 Å². The average Bonchev–Trinajstić information content (AvgIpc) is 2.83. The molecule has 0 radical (unpaired) electrons. The average molecular weight is 1130 g/mol. The Morgan fingerprint density at radius 2 is 0.429 bits per heavy atom. The quantitative estimate of drug-likeness (QED) is 0.0533. The molecule has 292 valence electrons. The van der Waals surface area contributed by atoms with Gasteiger partial charge in [-0.2, -0.15) is 47.2 Å². The van der Waals surface area contributed by atoms with E-state index in [0.29, 0.717) is 0 Å². The monoisotopic (exact) mass is 1140 g/mol. The predicted molar refractivity (Wildman–Crippen MR) is 186 cm³/mol. The molecule has 0 fully saturated rings.